The number of hydrogen-bond donors (Lipinski definition) is 1. The van der Waals surface area contributed by atoms with Crippen molar-refractivity contribution in [3.8, 4) is 5.75 Å². The first kappa shape index (κ1) is 24.1. The smallest absolute Gasteiger partial charge is 0.413 e. The number of carbonyl (C=O) groups excluding carboxylic acids is 3. The molecule has 2 fully saturated rings. The highest BCUT2D eigenvalue weighted by atomic mass is 32.2. The zero-order chi connectivity index (χ0) is 24.5. The molecule has 0 spiro atoms. The molecule has 3 unspecified atom stereocenters. The zero-order valence-corrected chi connectivity index (χ0v) is 20.0. The van der Waals surface area contributed by atoms with Crippen molar-refractivity contribution in [3.05, 3.63) is 46.4 Å². The van der Waals surface area contributed by atoms with Gasteiger partial charge in [0.25, 0.3) is 0 Å². The Balaban J connectivity index is 1.51. The molecule has 0 radical (unpaired) electrons. The molecule has 0 saturated carbocycles. The van der Waals surface area contributed by atoms with Crippen LogP contribution in [0.15, 0.2) is 46.2 Å². The van der Waals surface area contributed by atoms with Gasteiger partial charge in [-0.25, -0.2) is 13.2 Å². The largest absolute Gasteiger partial charge is 0.618 e. The molecular formula is C21H24N4O7S2. The minimum Gasteiger partial charge on any atom is -0.618 e. The first-order valence-electron chi connectivity index (χ1n) is 10.8. The summed E-state index contributed by atoms with van der Waals surface area (Å²) in [6.07, 6.45) is 1.44. The molecule has 11 nitrogen and oxygen atoms in total. The fraction of sp³-hybridized carbons (Fsp3) is 0.429. The van der Waals surface area contributed by atoms with Gasteiger partial charge < -0.3 is 20.2 Å². The maximum Gasteiger partial charge on any atom is 0.413 e. The Morgan fingerprint density at radius 3 is 2.82 bits per heavy atom. The number of amides is 2. The number of nitrogens with zero attached hydrogens (tertiary/aromatic N) is 3. The number of aromatic nitrogens is 1. The third-order valence-corrected chi connectivity index (χ3v) is 8.42. The van der Waals surface area contributed by atoms with E-state index >= 15 is 0 Å². The molecule has 2 aromatic rings. The van der Waals surface area contributed by atoms with Gasteiger partial charge in [0.2, 0.25) is 5.91 Å². The topological polar surface area (TPSA) is 140 Å². The second-order valence-corrected chi connectivity index (χ2v) is 10.7. The Bertz CT molecular complexity index is 1190. The lowest BCUT2D eigenvalue weighted by Gasteiger charge is -2.27. The number of fused-ring (bicyclic) bond motifs is 1. The minimum atomic E-state index is -4.25. The van der Waals surface area contributed by atoms with Crippen molar-refractivity contribution in [2.45, 2.75) is 49.3 Å². The highest BCUT2D eigenvalue weighted by Crippen LogP contribution is 2.34. The van der Waals surface area contributed by atoms with Crippen molar-refractivity contribution >= 4 is 39.1 Å². The van der Waals surface area contributed by atoms with E-state index in [0.29, 0.717) is 18.6 Å². The second kappa shape index (κ2) is 9.68. The van der Waals surface area contributed by atoms with Gasteiger partial charge >= 0.3 is 21.1 Å². The fourth-order valence-electron chi connectivity index (χ4n) is 4.41. The maximum absolute atomic E-state index is 13.3. The number of hydrogen-bond acceptors (Lipinski definition) is 8. The summed E-state index contributed by atoms with van der Waals surface area (Å²) >= 11 is 1.36. The highest BCUT2D eigenvalue weighted by Gasteiger charge is 2.55. The Labute approximate surface area is 200 Å². The molecule has 2 aromatic heterocycles. The van der Waals surface area contributed by atoms with Crippen LogP contribution >= 0.6 is 11.3 Å². The van der Waals surface area contributed by atoms with E-state index in [9.17, 15) is 28.0 Å². The monoisotopic (exact) mass is 508 g/mol. The molecule has 182 valence electrons. The number of ether oxygens (including phenoxy) is 1. The summed E-state index contributed by atoms with van der Waals surface area (Å²) in [4.78, 5) is 39.8. The van der Waals surface area contributed by atoms with E-state index in [1.807, 2.05) is 6.92 Å². The van der Waals surface area contributed by atoms with Crippen LogP contribution in [0.1, 0.15) is 26.2 Å². The van der Waals surface area contributed by atoms with Crippen molar-refractivity contribution in [1.82, 2.24) is 14.5 Å². The second-order valence-electron chi connectivity index (χ2n) is 8.05. The van der Waals surface area contributed by atoms with Crippen LogP contribution in [0.25, 0.3) is 0 Å². The van der Waals surface area contributed by atoms with Gasteiger partial charge in [0.15, 0.2) is 12.0 Å². The van der Waals surface area contributed by atoms with Gasteiger partial charge in [-0.1, -0.05) is 13.3 Å². The summed E-state index contributed by atoms with van der Waals surface area (Å²) in [6, 6.07) is 2.96. The molecule has 13 heteroatoms. The number of likely N-dealkylation sites (tertiary alicyclic amines) is 1. The third kappa shape index (κ3) is 4.50. The standard InChI is InChI=1S/C21H24N4O7S2/c1-2-5-15(22-21(28)32-14-8-11-33-13-14)20(27)23-10-7-16-19(23)17(26)12-25(16)34(30,31)18-6-3-4-9-24(18)29/h3-4,6,8-9,11,13,15-16,19H,2,5,7,10,12H2,1H3,(H,22,28). The number of sulfonamides is 1. The SMILES string of the molecule is CCCC(NC(=O)Oc1ccsc1)C(=O)N1CCC2C1C(=O)CN2S(=O)(=O)c1cccc[n+]1[O-]. The number of carbonyl (C=O) groups is 3. The number of nitrogens with one attached hydrogen (secondary N) is 1. The molecule has 0 aliphatic carbocycles. The van der Waals surface area contributed by atoms with Crippen LogP contribution in [0.4, 0.5) is 4.79 Å². The van der Waals surface area contributed by atoms with Crippen LogP contribution in [-0.2, 0) is 19.6 Å². The van der Waals surface area contributed by atoms with E-state index in [1.54, 1.807) is 16.8 Å². The van der Waals surface area contributed by atoms with Crippen LogP contribution in [-0.4, -0.2) is 66.6 Å². The van der Waals surface area contributed by atoms with Gasteiger partial charge in [-0.05, 0) is 30.4 Å². The maximum atomic E-state index is 13.3. The third-order valence-electron chi connectivity index (χ3n) is 5.90. The fourth-order valence-corrected chi connectivity index (χ4v) is 6.61. The first-order chi connectivity index (χ1) is 16.2. The average Bonchev–Trinajstić information content (AvgIpc) is 3.52. The van der Waals surface area contributed by atoms with Crippen LogP contribution in [0.3, 0.4) is 0 Å². The lowest BCUT2D eigenvalue weighted by molar-refractivity contribution is -0.646. The van der Waals surface area contributed by atoms with Gasteiger partial charge in [-0.3, -0.25) is 9.59 Å². The van der Waals surface area contributed by atoms with Crippen LogP contribution in [0.5, 0.6) is 5.75 Å². The van der Waals surface area contributed by atoms with Gasteiger partial charge in [0, 0.05) is 24.1 Å². The van der Waals surface area contributed by atoms with Gasteiger partial charge in [-0.15, -0.1) is 11.3 Å². The summed E-state index contributed by atoms with van der Waals surface area (Å²) in [5.41, 5.74) is 0. The summed E-state index contributed by atoms with van der Waals surface area (Å²) in [5.74, 6) is -0.540. The van der Waals surface area contributed by atoms with E-state index in [4.69, 9.17) is 4.74 Å². The lowest BCUT2D eigenvalue weighted by Crippen LogP contribution is -2.53. The quantitative estimate of drug-likeness (QED) is 0.432. The molecule has 2 saturated heterocycles. The lowest BCUT2D eigenvalue weighted by atomic mass is 10.1. The van der Waals surface area contributed by atoms with E-state index in [-0.39, 0.29) is 17.7 Å². The molecule has 4 rings (SSSR count). The van der Waals surface area contributed by atoms with Crippen molar-refractivity contribution in [1.29, 1.82) is 0 Å². The summed E-state index contributed by atoms with van der Waals surface area (Å²) in [5, 5.41) is 17.5. The molecule has 1 N–H and O–H groups in total. The summed E-state index contributed by atoms with van der Waals surface area (Å²) < 4.78 is 32.7. The molecule has 4 heterocycles. The molecule has 2 aliphatic heterocycles. The number of thiophene rings is 1. The Morgan fingerprint density at radius 1 is 1.35 bits per heavy atom. The Hall–Kier alpha value is -3.03. The van der Waals surface area contributed by atoms with Crippen molar-refractivity contribution in [2.75, 3.05) is 13.1 Å². The van der Waals surface area contributed by atoms with Gasteiger partial charge in [-0.2, -0.15) is 9.04 Å². The van der Waals surface area contributed by atoms with Crippen molar-refractivity contribution < 1.29 is 32.3 Å². The number of ketones is 1. The molecule has 2 amide bonds. The predicted octanol–water partition coefficient (Wildman–Crippen LogP) is 0.882. The van der Waals surface area contributed by atoms with E-state index < -0.39 is 57.5 Å². The van der Waals surface area contributed by atoms with Crippen LogP contribution < -0.4 is 14.8 Å². The van der Waals surface area contributed by atoms with Gasteiger partial charge in [0.1, 0.15) is 17.8 Å². The summed E-state index contributed by atoms with van der Waals surface area (Å²) in [6.45, 7) is 1.58. The first-order valence-corrected chi connectivity index (χ1v) is 13.2. The van der Waals surface area contributed by atoms with Gasteiger partial charge in [0.05, 0.1) is 12.6 Å². The molecule has 2 aliphatic rings. The highest BCUT2D eigenvalue weighted by molar-refractivity contribution is 7.89. The Kier molecular flexibility index (Phi) is 6.86. The summed E-state index contributed by atoms with van der Waals surface area (Å²) in [7, 11) is -4.25. The number of rotatable bonds is 7. The average molecular weight is 509 g/mol. The minimum absolute atomic E-state index is 0.152. The van der Waals surface area contributed by atoms with Crippen molar-refractivity contribution in [2.24, 2.45) is 0 Å². The zero-order valence-electron chi connectivity index (χ0n) is 18.3. The Morgan fingerprint density at radius 2 is 2.15 bits per heavy atom. The molecule has 3 atom stereocenters. The molecule has 34 heavy (non-hydrogen) atoms. The van der Waals surface area contributed by atoms with Crippen molar-refractivity contribution in [3.63, 3.8) is 0 Å². The molecule has 0 aromatic carbocycles. The number of Topliss-reactive ketones (excluding diaryl/α,β-unsaturated/α-hetero) is 1. The predicted molar refractivity (Wildman–Crippen MR) is 120 cm³/mol. The number of pyridine rings is 1. The van der Waals surface area contributed by atoms with E-state index in [1.165, 1.54) is 34.4 Å². The molecular weight excluding hydrogens is 484 g/mol. The molecule has 0 bridgehead atoms. The van der Waals surface area contributed by atoms with Crippen LogP contribution in [0, 0.1) is 5.21 Å². The normalized spacial score (nSPS) is 21.3. The van der Waals surface area contributed by atoms with Crippen LogP contribution in [0.2, 0.25) is 0 Å². The van der Waals surface area contributed by atoms with E-state index in [0.717, 1.165) is 10.5 Å². The van der Waals surface area contributed by atoms with E-state index in [2.05, 4.69) is 5.32 Å².